The highest BCUT2D eigenvalue weighted by Crippen LogP contribution is 2.33. The third kappa shape index (κ3) is 3.53. The minimum absolute atomic E-state index is 0.109. The van der Waals surface area contributed by atoms with Crippen LogP contribution in [-0.4, -0.2) is 30.9 Å². The van der Waals surface area contributed by atoms with E-state index in [0.717, 1.165) is 17.9 Å². The maximum absolute atomic E-state index is 9.13. The molecule has 1 aromatic rings. The number of rotatable bonds is 7. The average Bonchev–Trinajstić information content (AvgIpc) is 2.35. The van der Waals surface area contributed by atoms with Crippen LogP contribution < -0.4 is 15.4 Å². The van der Waals surface area contributed by atoms with Gasteiger partial charge < -0.3 is 20.5 Å². The first-order chi connectivity index (χ1) is 8.61. The van der Waals surface area contributed by atoms with Gasteiger partial charge in [-0.25, -0.2) is 0 Å². The van der Waals surface area contributed by atoms with Crippen LogP contribution in [0.3, 0.4) is 0 Å². The zero-order chi connectivity index (χ0) is 13.5. The maximum Gasteiger partial charge on any atom is 0.144 e. The molecule has 0 unspecified atom stereocenters. The summed E-state index contributed by atoms with van der Waals surface area (Å²) in [5.41, 5.74) is 7.71. The summed E-state index contributed by atoms with van der Waals surface area (Å²) < 4.78 is 5.62. The predicted octanol–water partition coefficient (Wildman–Crippen LogP) is 2.26. The van der Waals surface area contributed by atoms with Crippen molar-refractivity contribution in [3.8, 4) is 5.75 Å². The second-order valence-electron chi connectivity index (χ2n) is 4.55. The number of hydrogen-bond acceptors (Lipinski definition) is 4. The molecule has 0 amide bonds. The smallest absolute Gasteiger partial charge is 0.144 e. The van der Waals surface area contributed by atoms with Crippen LogP contribution in [-0.2, 0) is 0 Å². The van der Waals surface area contributed by atoms with Gasteiger partial charge in [0, 0.05) is 12.6 Å². The Morgan fingerprint density at radius 3 is 2.67 bits per heavy atom. The van der Waals surface area contributed by atoms with Crippen molar-refractivity contribution >= 4 is 11.4 Å². The van der Waals surface area contributed by atoms with E-state index in [1.54, 1.807) is 0 Å². The molecule has 4 heteroatoms. The van der Waals surface area contributed by atoms with E-state index in [9.17, 15) is 0 Å². The summed E-state index contributed by atoms with van der Waals surface area (Å²) in [4.78, 5) is 2.08. The quantitative estimate of drug-likeness (QED) is 0.731. The second-order valence-corrected chi connectivity index (χ2v) is 4.55. The Balaban J connectivity index is 2.99. The highest BCUT2D eigenvalue weighted by Gasteiger charge is 2.15. The van der Waals surface area contributed by atoms with Crippen molar-refractivity contribution in [2.24, 2.45) is 0 Å². The Bertz CT molecular complexity index is 367. The number of benzene rings is 1. The van der Waals surface area contributed by atoms with Crippen molar-refractivity contribution in [2.45, 2.75) is 33.2 Å². The molecular formula is C14H24N2O2. The number of ether oxygens (including phenoxy) is 1. The lowest BCUT2D eigenvalue weighted by atomic mass is 10.2. The lowest BCUT2D eigenvalue weighted by Crippen LogP contribution is -2.34. The molecule has 0 aliphatic heterocycles. The van der Waals surface area contributed by atoms with Crippen LogP contribution in [0.5, 0.6) is 5.75 Å². The molecule has 3 N–H and O–H groups in total. The van der Waals surface area contributed by atoms with Crippen LogP contribution in [0.1, 0.15) is 27.2 Å². The van der Waals surface area contributed by atoms with Gasteiger partial charge in [0.1, 0.15) is 5.75 Å². The van der Waals surface area contributed by atoms with E-state index in [0.29, 0.717) is 18.8 Å². The van der Waals surface area contributed by atoms with Gasteiger partial charge in [-0.2, -0.15) is 0 Å². The molecule has 0 fully saturated rings. The van der Waals surface area contributed by atoms with Gasteiger partial charge >= 0.3 is 0 Å². The lowest BCUT2D eigenvalue weighted by molar-refractivity contribution is 0.298. The van der Waals surface area contributed by atoms with Gasteiger partial charge in [0.25, 0.3) is 0 Å². The minimum Gasteiger partial charge on any atom is -0.491 e. The summed E-state index contributed by atoms with van der Waals surface area (Å²) in [5, 5.41) is 9.13. The minimum atomic E-state index is 0.109. The number of nitrogen functional groups attached to an aromatic ring is 1. The molecular weight excluding hydrogens is 228 g/mol. The highest BCUT2D eigenvalue weighted by atomic mass is 16.5. The third-order valence-electron chi connectivity index (χ3n) is 2.78. The molecule has 0 aliphatic rings. The number of hydrogen-bond donors (Lipinski definition) is 2. The van der Waals surface area contributed by atoms with Gasteiger partial charge in [-0.1, -0.05) is 13.0 Å². The summed E-state index contributed by atoms with van der Waals surface area (Å²) in [7, 11) is 0. The first-order valence-corrected chi connectivity index (χ1v) is 6.50. The fourth-order valence-corrected chi connectivity index (χ4v) is 1.89. The Kier molecular flexibility index (Phi) is 5.78. The Morgan fingerprint density at radius 2 is 2.11 bits per heavy atom. The molecule has 0 saturated carbocycles. The van der Waals surface area contributed by atoms with Crippen LogP contribution in [0, 0.1) is 0 Å². The van der Waals surface area contributed by atoms with Crippen LogP contribution in [0.25, 0.3) is 0 Å². The van der Waals surface area contributed by atoms with Crippen molar-refractivity contribution in [3.05, 3.63) is 18.2 Å². The van der Waals surface area contributed by atoms with E-state index in [2.05, 4.69) is 25.7 Å². The van der Waals surface area contributed by atoms with Gasteiger partial charge in [-0.15, -0.1) is 0 Å². The number of nitrogens with two attached hydrogens (primary N) is 1. The van der Waals surface area contributed by atoms with E-state index < -0.39 is 0 Å². The topological polar surface area (TPSA) is 58.7 Å². The van der Waals surface area contributed by atoms with E-state index in [-0.39, 0.29) is 12.6 Å². The van der Waals surface area contributed by atoms with Crippen molar-refractivity contribution in [2.75, 3.05) is 30.4 Å². The van der Waals surface area contributed by atoms with Crippen molar-refractivity contribution in [1.82, 2.24) is 0 Å². The molecule has 0 radical (unpaired) electrons. The summed E-state index contributed by atoms with van der Waals surface area (Å²) in [6.45, 7) is 7.56. The largest absolute Gasteiger partial charge is 0.491 e. The van der Waals surface area contributed by atoms with Crippen molar-refractivity contribution in [3.63, 3.8) is 0 Å². The Hall–Kier alpha value is -1.42. The van der Waals surface area contributed by atoms with E-state index in [4.69, 9.17) is 15.6 Å². The van der Waals surface area contributed by atoms with Gasteiger partial charge in [0.05, 0.1) is 24.6 Å². The number of para-hydroxylation sites is 1. The Labute approximate surface area is 109 Å². The van der Waals surface area contributed by atoms with Gasteiger partial charge in [-0.3, -0.25) is 0 Å². The molecule has 0 bridgehead atoms. The monoisotopic (exact) mass is 252 g/mol. The highest BCUT2D eigenvalue weighted by molar-refractivity contribution is 5.74. The first-order valence-electron chi connectivity index (χ1n) is 6.50. The summed E-state index contributed by atoms with van der Waals surface area (Å²) in [6.07, 6.45) is 0.953. The van der Waals surface area contributed by atoms with Crippen molar-refractivity contribution in [1.29, 1.82) is 0 Å². The number of aliphatic hydroxyl groups is 1. The molecule has 0 aliphatic carbocycles. The van der Waals surface area contributed by atoms with E-state index in [1.165, 1.54) is 0 Å². The molecule has 0 saturated heterocycles. The molecule has 18 heavy (non-hydrogen) atoms. The number of nitrogens with zero attached hydrogens (tertiary/aromatic N) is 1. The molecule has 0 heterocycles. The van der Waals surface area contributed by atoms with E-state index >= 15 is 0 Å². The fourth-order valence-electron chi connectivity index (χ4n) is 1.89. The molecule has 1 rings (SSSR count). The lowest BCUT2D eigenvalue weighted by Gasteiger charge is -2.30. The second kappa shape index (κ2) is 7.11. The van der Waals surface area contributed by atoms with Gasteiger partial charge in [0.2, 0.25) is 0 Å². The average molecular weight is 252 g/mol. The molecule has 4 nitrogen and oxygen atoms in total. The SMILES string of the molecule is CCCOc1cccc(N(CCO)C(C)C)c1N. The first kappa shape index (κ1) is 14.6. The predicted molar refractivity (Wildman–Crippen MR) is 76.2 cm³/mol. The van der Waals surface area contributed by atoms with Crippen molar-refractivity contribution < 1.29 is 9.84 Å². The normalized spacial score (nSPS) is 10.7. The van der Waals surface area contributed by atoms with E-state index in [1.807, 2.05) is 18.2 Å². The number of anilines is 2. The van der Waals surface area contributed by atoms with Crippen LogP contribution >= 0.6 is 0 Å². The molecule has 0 spiro atoms. The third-order valence-corrected chi connectivity index (χ3v) is 2.78. The molecule has 0 atom stereocenters. The molecule has 1 aromatic carbocycles. The zero-order valence-corrected chi connectivity index (χ0v) is 11.5. The summed E-state index contributed by atoms with van der Waals surface area (Å²) in [6, 6.07) is 6.06. The fraction of sp³-hybridized carbons (Fsp3) is 0.571. The van der Waals surface area contributed by atoms with Crippen LogP contribution in [0.2, 0.25) is 0 Å². The zero-order valence-electron chi connectivity index (χ0n) is 11.5. The molecule has 102 valence electrons. The summed E-state index contributed by atoms with van der Waals surface area (Å²) in [5.74, 6) is 0.720. The standard InChI is InChI=1S/C14H24N2O2/c1-4-10-18-13-7-5-6-12(14(13)15)16(8-9-17)11(2)3/h5-7,11,17H,4,8-10,15H2,1-3H3. The van der Waals surface area contributed by atoms with Crippen LogP contribution in [0.4, 0.5) is 11.4 Å². The van der Waals surface area contributed by atoms with Gasteiger partial charge in [0.15, 0.2) is 0 Å². The Morgan fingerprint density at radius 1 is 1.39 bits per heavy atom. The van der Waals surface area contributed by atoms with Crippen LogP contribution in [0.15, 0.2) is 18.2 Å². The van der Waals surface area contributed by atoms with Gasteiger partial charge in [-0.05, 0) is 32.4 Å². The number of aliphatic hydroxyl groups excluding tert-OH is 1. The molecule has 0 aromatic heterocycles. The maximum atomic E-state index is 9.13. The summed E-state index contributed by atoms with van der Waals surface area (Å²) >= 11 is 0.